The molecule has 0 saturated heterocycles. The molecule has 0 spiro atoms. The summed E-state index contributed by atoms with van der Waals surface area (Å²) in [4.78, 5) is 0. The summed E-state index contributed by atoms with van der Waals surface area (Å²) in [5, 5.41) is 14.8. The Morgan fingerprint density at radius 3 is 2.50 bits per heavy atom. The van der Waals surface area contributed by atoms with Crippen molar-refractivity contribution in [3.8, 4) is 5.69 Å². The van der Waals surface area contributed by atoms with E-state index in [2.05, 4.69) is 20.5 Å². The molecule has 0 unspecified atom stereocenters. The van der Waals surface area contributed by atoms with Gasteiger partial charge in [0.15, 0.2) is 0 Å². The molecule has 0 aliphatic carbocycles. The van der Waals surface area contributed by atoms with Crippen LogP contribution in [0.2, 0.25) is 0 Å². The Morgan fingerprint density at radius 2 is 1.94 bits per heavy atom. The fourth-order valence-electron chi connectivity index (χ4n) is 1.22. The van der Waals surface area contributed by atoms with Crippen LogP contribution in [0.25, 0.3) is 5.69 Å². The molecule has 7 nitrogen and oxygen atoms in total. The summed E-state index contributed by atoms with van der Waals surface area (Å²) in [6.45, 7) is 0. The Kier molecular flexibility index (Phi) is 4.82. The van der Waals surface area contributed by atoms with Gasteiger partial charge in [-0.15, -0.1) is 22.6 Å². The smallest absolute Gasteiger partial charge is 0.211 e. The van der Waals surface area contributed by atoms with E-state index in [0.717, 1.165) is 11.3 Å². The molecule has 1 aromatic carbocycles. The number of hydrogen-bond donors (Lipinski definition) is 2. The van der Waals surface area contributed by atoms with Crippen molar-refractivity contribution in [3.05, 3.63) is 42.2 Å². The maximum Gasteiger partial charge on any atom is 0.211 e. The van der Waals surface area contributed by atoms with Gasteiger partial charge in [0.25, 0.3) is 0 Å². The molecule has 2 aromatic rings. The monoisotopic (exact) mass is 265 g/mol. The number of nitrogens with two attached hydrogens (primary N) is 2. The Hall–Kier alpha value is -2.41. The van der Waals surface area contributed by atoms with Gasteiger partial charge in [-0.1, -0.05) is 17.3 Å². The first-order chi connectivity index (χ1) is 8.25. The summed E-state index contributed by atoms with van der Waals surface area (Å²) in [6, 6.07) is 7.54. The standard InChI is InChI=1S/C10H11N7.ClH/c11-10(12)15-14-7-8-1-3-9(4-2-8)17-6-5-13-16-17;/h1-7H,(H4,11,12,15);1H. The molecule has 8 heteroatoms. The zero-order chi connectivity index (χ0) is 12.1. The van der Waals surface area contributed by atoms with Crippen LogP contribution in [0.3, 0.4) is 0 Å². The van der Waals surface area contributed by atoms with Crippen LogP contribution < -0.4 is 11.5 Å². The van der Waals surface area contributed by atoms with E-state index in [0.29, 0.717) is 0 Å². The zero-order valence-corrected chi connectivity index (χ0v) is 10.2. The normalized spacial score (nSPS) is 10.0. The minimum absolute atomic E-state index is 0. The van der Waals surface area contributed by atoms with Crippen LogP contribution in [0, 0.1) is 0 Å². The van der Waals surface area contributed by atoms with Gasteiger partial charge in [-0.3, -0.25) is 0 Å². The zero-order valence-electron chi connectivity index (χ0n) is 9.34. The summed E-state index contributed by atoms with van der Waals surface area (Å²) in [7, 11) is 0. The molecule has 4 N–H and O–H groups in total. The van der Waals surface area contributed by atoms with E-state index in [9.17, 15) is 0 Å². The third kappa shape index (κ3) is 3.56. The lowest BCUT2D eigenvalue weighted by Gasteiger charge is -1.99. The number of hydrogen-bond acceptors (Lipinski definition) is 4. The summed E-state index contributed by atoms with van der Waals surface area (Å²) in [5.74, 6) is -0.0690. The summed E-state index contributed by atoms with van der Waals surface area (Å²) >= 11 is 0. The predicted molar refractivity (Wildman–Crippen MR) is 72.0 cm³/mol. The van der Waals surface area contributed by atoms with Crippen LogP contribution in [-0.4, -0.2) is 27.2 Å². The van der Waals surface area contributed by atoms with Crippen molar-refractivity contribution in [2.75, 3.05) is 0 Å². The van der Waals surface area contributed by atoms with Crippen LogP contribution in [0.4, 0.5) is 0 Å². The van der Waals surface area contributed by atoms with Crippen molar-refractivity contribution in [2.45, 2.75) is 0 Å². The Labute approximate surface area is 110 Å². The first kappa shape index (κ1) is 13.7. The van der Waals surface area contributed by atoms with Crippen LogP contribution in [-0.2, 0) is 0 Å². The highest BCUT2D eigenvalue weighted by atomic mass is 35.5. The predicted octanol–water partition coefficient (Wildman–Crippen LogP) is 0.296. The highest BCUT2D eigenvalue weighted by molar-refractivity contribution is 5.85. The van der Waals surface area contributed by atoms with Crippen molar-refractivity contribution in [1.82, 2.24) is 15.0 Å². The fraction of sp³-hybridized carbons (Fsp3) is 0. The SMILES string of the molecule is Cl.NC(N)=NN=Cc1ccc(-n2ccnn2)cc1. The summed E-state index contributed by atoms with van der Waals surface area (Å²) in [6.07, 6.45) is 4.95. The molecule has 0 bridgehead atoms. The van der Waals surface area contributed by atoms with E-state index < -0.39 is 0 Å². The third-order valence-corrected chi connectivity index (χ3v) is 1.96. The van der Waals surface area contributed by atoms with Crippen molar-refractivity contribution in [1.29, 1.82) is 0 Å². The molecule has 0 radical (unpaired) electrons. The lowest BCUT2D eigenvalue weighted by Crippen LogP contribution is -2.21. The largest absolute Gasteiger partial charge is 0.369 e. The fourth-order valence-corrected chi connectivity index (χ4v) is 1.22. The van der Waals surface area contributed by atoms with Gasteiger partial charge < -0.3 is 11.5 Å². The minimum Gasteiger partial charge on any atom is -0.369 e. The molecule has 0 aliphatic rings. The number of aromatic nitrogens is 3. The average Bonchev–Trinajstić information content (AvgIpc) is 2.83. The van der Waals surface area contributed by atoms with Crippen molar-refractivity contribution >= 4 is 24.6 Å². The van der Waals surface area contributed by atoms with Gasteiger partial charge in [-0.2, -0.15) is 5.10 Å². The van der Waals surface area contributed by atoms with Gasteiger partial charge in [0.05, 0.1) is 24.3 Å². The van der Waals surface area contributed by atoms with Crippen LogP contribution in [0.1, 0.15) is 5.56 Å². The number of benzene rings is 1. The lowest BCUT2D eigenvalue weighted by molar-refractivity contribution is 0.803. The third-order valence-electron chi connectivity index (χ3n) is 1.96. The molecular formula is C10H12ClN7. The second kappa shape index (κ2) is 6.36. The van der Waals surface area contributed by atoms with Gasteiger partial charge in [-0.25, -0.2) is 4.68 Å². The van der Waals surface area contributed by atoms with Crippen LogP contribution >= 0.6 is 12.4 Å². The van der Waals surface area contributed by atoms with Gasteiger partial charge in [0.2, 0.25) is 5.96 Å². The Bertz CT molecular complexity index is 526. The van der Waals surface area contributed by atoms with Gasteiger partial charge in [-0.05, 0) is 17.7 Å². The van der Waals surface area contributed by atoms with Crippen LogP contribution in [0.5, 0.6) is 0 Å². The molecule has 2 rings (SSSR count). The van der Waals surface area contributed by atoms with Gasteiger partial charge in [0, 0.05) is 0 Å². The number of nitrogens with zero attached hydrogens (tertiary/aromatic N) is 5. The average molecular weight is 266 g/mol. The first-order valence-corrected chi connectivity index (χ1v) is 4.84. The maximum atomic E-state index is 5.14. The molecule has 1 aromatic heterocycles. The summed E-state index contributed by atoms with van der Waals surface area (Å²) < 4.78 is 1.66. The summed E-state index contributed by atoms with van der Waals surface area (Å²) in [5.41, 5.74) is 12.1. The second-order valence-corrected chi connectivity index (χ2v) is 3.21. The van der Waals surface area contributed by atoms with E-state index >= 15 is 0 Å². The lowest BCUT2D eigenvalue weighted by atomic mass is 10.2. The molecule has 0 fully saturated rings. The Morgan fingerprint density at radius 1 is 1.22 bits per heavy atom. The number of guanidine groups is 1. The molecule has 0 saturated carbocycles. The highest BCUT2D eigenvalue weighted by Crippen LogP contribution is 2.06. The molecule has 1 heterocycles. The minimum atomic E-state index is -0.0690. The number of rotatable bonds is 3. The molecular weight excluding hydrogens is 254 g/mol. The van der Waals surface area contributed by atoms with Crippen molar-refractivity contribution in [3.63, 3.8) is 0 Å². The topological polar surface area (TPSA) is 107 Å². The molecule has 94 valence electrons. The van der Waals surface area contributed by atoms with E-state index in [1.165, 1.54) is 0 Å². The van der Waals surface area contributed by atoms with E-state index in [-0.39, 0.29) is 18.4 Å². The van der Waals surface area contributed by atoms with Gasteiger partial charge in [0.1, 0.15) is 0 Å². The molecule has 0 aliphatic heterocycles. The maximum absolute atomic E-state index is 5.14. The van der Waals surface area contributed by atoms with Crippen LogP contribution in [0.15, 0.2) is 46.9 Å². The van der Waals surface area contributed by atoms with E-state index in [1.54, 1.807) is 23.3 Å². The van der Waals surface area contributed by atoms with E-state index in [1.807, 2.05) is 24.3 Å². The molecule has 0 atom stereocenters. The molecule has 0 amide bonds. The Balaban J connectivity index is 0.00000162. The number of halogens is 1. The van der Waals surface area contributed by atoms with Crippen molar-refractivity contribution < 1.29 is 0 Å². The van der Waals surface area contributed by atoms with E-state index in [4.69, 9.17) is 11.5 Å². The van der Waals surface area contributed by atoms with Gasteiger partial charge >= 0.3 is 0 Å². The van der Waals surface area contributed by atoms with Crippen molar-refractivity contribution in [2.24, 2.45) is 21.7 Å². The molecule has 18 heavy (non-hydrogen) atoms. The second-order valence-electron chi connectivity index (χ2n) is 3.21. The first-order valence-electron chi connectivity index (χ1n) is 4.84. The quantitative estimate of drug-likeness (QED) is 0.473. The highest BCUT2D eigenvalue weighted by Gasteiger charge is 1.95.